The van der Waals surface area contributed by atoms with Gasteiger partial charge in [-0.05, 0) is 26.4 Å². The van der Waals surface area contributed by atoms with Crippen molar-refractivity contribution in [1.29, 1.82) is 0 Å². The second-order valence-electron chi connectivity index (χ2n) is 2.95. The first kappa shape index (κ1) is 7.56. The zero-order chi connectivity index (χ0) is 7.40. The van der Waals surface area contributed by atoms with Crippen LogP contribution in [0.2, 0.25) is 0 Å². The summed E-state index contributed by atoms with van der Waals surface area (Å²) in [5.41, 5.74) is 0. The lowest BCUT2D eigenvalue weighted by Gasteiger charge is -2.15. The molecule has 1 fully saturated rings. The number of likely N-dealkylation sites (tertiary alicyclic amines) is 1. The largest absolute Gasteiger partial charge is 0.317 e. The maximum atomic E-state index is 6.64. The first-order valence-electron chi connectivity index (χ1n) is 3.88. The number of hydrogen-bond acceptors (Lipinski definition) is 1. The van der Waals surface area contributed by atoms with E-state index in [4.69, 9.17) is 6.57 Å². The first-order chi connectivity index (χ1) is 4.84. The van der Waals surface area contributed by atoms with Gasteiger partial charge in [0.1, 0.15) is 0 Å². The Morgan fingerprint density at radius 2 is 2.50 bits per heavy atom. The molecule has 0 saturated carbocycles. The monoisotopic (exact) mass is 138 g/mol. The molecular weight excluding hydrogens is 124 g/mol. The summed E-state index contributed by atoms with van der Waals surface area (Å²) in [6.07, 6.45) is 3.69. The zero-order valence-electron chi connectivity index (χ0n) is 6.51. The molecule has 0 aliphatic carbocycles. The molecule has 0 spiro atoms. The van der Waals surface area contributed by atoms with Crippen molar-refractivity contribution in [2.75, 3.05) is 20.1 Å². The van der Waals surface area contributed by atoms with Gasteiger partial charge in [-0.2, -0.15) is 0 Å². The van der Waals surface area contributed by atoms with E-state index in [1.807, 2.05) is 0 Å². The fourth-order valence-corrected chi connectivity index (χ4v) is 1.56. The number of nitrogens with zero attached hydrogens (tertiary/aromatic N) is 2. The molecule has 2 heteroatoms. The van der Waals surface area contributed by atoms with Crippen molar-refractivity contribution < 1.29 is 0 Å². The standard InChI is InChI=1S/C8H14N2/c1-9-6-5-8-4-3-7-10(8)2/h8H,3-7H2,2H3. The molecule has 1 saturated heterocycles. The zero-order valence-corrected chi connectivity index (χ0v) is 6.51. The van der Waals surface area contributed by atoms with Crippen LogP contribution in [0.25, 0.3) is 4.85 Å². The van der Waals surface area contributed by atoms with Gasteiger partial charge in [-0.25, -0.2) is 6.57 Å². The maximum Gasteiger partial charge on any atom is 0.216 e. The van der Waals surface area contributed by atoms with Crippen LogP contribution in [0.15, 0.2) is 0 Å². The molecule has 0 radical (unpaired) electrons. The Bertz CT molecular complexity index is 137. The average molecular weight is 138 g/mol. The topological polar surface area (TPSA) is 7.60 Å². The van der Waals surface area contributed by atoms with Crippen molar-refractivity contribution in [1.82, 2.24) is 4.90 Å². The van der Waals surface area contributed by atoms with Gasteiger partial charge in [0, 0.05) is 12.5 Å². The van der Waals surface area contributed by atoms with E-state index in [0.717, 1.165) is 6.42 Å². The minimum absolute atomic E-state index is 0.703. The van der Waals surface area contributed by atoms with Crippen LogP contribution in [-0.4, -0.2) is 31.1 Å². The Morgan fingerprint density at radius 1 is 1.70 bits per heavy atom. The molecule has 0 aromatic rings. The minimum Gasteiger partial charge on any atom is -0.317 e. The normalized spacial score (nSPS) is 26.6. The summed E-state index contributed by atoms with van der Waals surface area (Å²) < 4.78 is 0. The Hall–Kier alpha value is -0.550. The predicted octanol–water partition coefficient (Wildman–Crippen LogP) is 1.39. The van der Waals surface area contributed by atoms with E-state index in [1.54, 1.807) is 0 Å². The van der Waals surface area contributed by atoms with Crippen LogP contribution < -0.4 is 0 Å². The summed E-state index contributed by atoms with van der Waals surface area (Å²) >= 11 is 0. The van der Waals surface area contributed by atoms with Crippen LogP contribution in [0.3, 0.4) is 0 Å². The van der Waals surface area contributed by atoms with Gasteiger partial charge in [0.15, 0.2) is 0 Å². The van der Waals surface area contributed by atoms with Gasteiger partial charge < -0.3 is 9.74 Å². The molecule has 1 atom stereocenters. The molecule has 0 bridgehead atoms. The molecule has 0 N–H and O–H groups in total. The van der Waals surface area contributed by atoms with Crippen LogP contribution in [0.5, 0.6) is 0 Å². The van der Waals surface area contributed by atoms with Gasteiger partial charge in [0.05, 0.1) is 0 Å². The summed E-state index contributed by atoms with van der Waals surface area (Å²) in [5.74, 6) is 0. The second kappa shape index (κ2) is 3.58. The highest BCUT2D eigenvalue weighted by molar-refractivity contribution is 4.78. The highest BCUT2D eigenvalue weighted by Crippen LogP contribution is 2.17. The van der Waals surface area contributed by atoms with E-state index >= 15 is 0 Å². The van der Waals surface area contributed by atoms with Crippen molar-refractivity contribution in [3.05, 3.63) is 11.4 Å². The Kier molecular flexibility index (Phi) is 2.70. The lowest BCUT2D eigenvalue weighted by molar-refractivity contribution is 0.302. The van der Waals surface area contributed by atoms with E-state index < -0.39 is 0 Å². The smallest absolute Gasteiger partial charge is 0.216 e. The molecular formula is C8H14N2. The van der Waals surface area contributed by atoms with Gasteiger partial charge in [-0.15, -0.1) is 0 Å². The van der Waals surface area contributed by atoms with Crippen molar-refractivity contribution >= 4 is 0 Å². The van der Waals surface area contributed by atoms with Gasteiger partial charge in [-0.1, -0.05) is 0 Å². The van der Waals surface area contributed by atoms with Crippen molar-refractivity contribution in [2.24, 2.45) is 0 Å². The molecule has 56 valence electrons. The van der Waals surface area contributed by atoms with Crippen LogP contribution in [0.1, 0.15) is 19.3 Å². The maximum absolute atomic E-state index is 6.64. The molecule has 2 nitrogen and oxygen atoms in total. The molecule has 1 aliphatic heterocycles. The Labute approximate surface area is 62.7 Å². The molecule has 1 heterocycles. The summed E-state index contributed by atoms with van der Waals surface area (Å²) in [4.78, 5) is 5.72. The Balaban J connectivity index is 2.21. The van der Waals surface area contributed by atoms with Crippen molar-refractivity contribution in [3.63, 3.8) is 0 Å². The fourth-order valence-electron chi connectivity index (χ4n) is 1.56. The first-order valence-corrected chi connectivity index (χ1v) is 3.88. The van der Waals surface area contributed by atoms with E-state index in [2.05, 4.69) is 16.8 Å². The van der Waals surface area contributed by atoms with E-state index in [9.17, 15) is 0 Å². The van der Waals surface area contributed by atoms with Crippen molar-refractivity contribution in [2.45, 2.75) is 25.3 Å². The lowest BCUT2D eigenvalue weighted by Crippen LogP contribution is -2.25. The van der Waals surface area contributed by atoms with Gasteiger partial charge in [0.2, 0.25) is 6.54 Å². The van der Waals surface area contributed by atoms with E-state index in [1.165, 1.54) is 19.4 Å². The predicted molar refractivity (Wildman–Crippen MR) is 41.7 cm³/mol. The van der Waals surface area contributed by atoms with Gasteiger partial charge >= 0.3 is 0 Å². The third-order valence-electron chi connectivity index (χ3n) is 2.25. The quantitative estimate of drug-likeness (QED) is 0.523. The third-order valence-corrected chi connectivity index (χ3v) is 2.25. The van der Waals surface area contributed by atoms with E-state index in [-0.39, 0.29) is 0 Å². The lowest BCUT2D eigenvalue weighted by atomic mass is 10.1. The average Bonchev–Trinajstić information content (AvgIpc) is 2.31. The molecule has 10 heavy (non-hydrogen) atoms. The molecule has 0 aromatic carbocycles. The number of rotatable bonds is 2. The molecule has 1 unspecified atom stereocenters. The van der Waals surface area contributed by atoms with Crippen LogP contribution in [-0.2, 0) is 0 Å². The van der Waals surface area contributed by atoms with Crippen LogP contribution in [0.4, 0.5) is 0 Å². The summed E-state index contributed by atoms with van der Waals surface area (Å²) in [6, 6.07) is 0.703. The highest BCUT2D eigenvalue weighted by Gasteiger charge is 2.20. The second-order valence-corrected chi connectivity index (χ2v) is 2.95. The molecule has 1 aliphatic rings. The van der Waals surface area contributed by atoms with Gasteiger partial charge in [0.25, 0.3) is 0 Å². The van der Waals surface area contributed by atoms with Crippen LogP contribution in [0, 0.1) is 6.57 Å². The summed E-state index contributed by atoms with van der Waals surface area (Å²) in [6.45, 7) is 8.57. The molecule has 0 aromatic heterocycles. The summed E-state index contributed by atoms with van der Waals surface area (Å²) in [7, 11) is 2.15. The fraction of sp³-hybridized carbons (Fsp3) is 0.875. The highest BCUT2D eigenvalue weighted by atomic mass is 15.1. The SMILES string of the molecule is [C-]#[N+]CCC1CCCN1C. The minimum atomic E-state index is 0.703. The summed E-state index contributed by atoms with van der Waals surface area (Å²) in [5, 5.41) is 0. The van der Waals surface area contributed by atoms with Gasteiger partial charge in [-0.3, -0.25) is 0 Å². The third kappa shape index (κ3) is 1.71. The number of hydrogen-bond donors (Lipinski definition) is 0. The van der Waals surface area contributed by atoms with Crippen LogP contribution >= 0.6 is 0 Å². The molecule has 1 rings (SSSR count). The van der Waals surface area contributed by atoms with Crippen molar-refractivity contribution in [3.8, 4) is 0 Å². The van der Waals surface area contributed by atoms with E-state index in [0.29, 0.717) is 12.6 Å². The molecule has 0 amide bonds. The Morgan fingerprint density at radius 3 is 3.00 bits per heavy atom.